The van der Waals surface area contributed by atoms with Crippen LogP contribution in [0.15, 0.2) is 0 Å². The van der Waals surface area contributed by atoms with Gasteiger partial charge in [-0.3, -0.25) is 0 Å². The van der Waals surface area contributed by atoms with E-state index >= 15 is 0 Å². The molecule has 0 aliphatic heterocycles. The predicted octanol–water partition coefficient (Wildman–Crippen LogP) is 3.86. The average Bonchev–Trinajstić information content (AvgIpc) is 2.41. The minimum absolute atomic E-state index is 0.709. The van der Waals surface area contributed by atoms with Crippen LogP contribution in [-0.4, -0.2) is 0 Å². The molecule has 3 aliphatic rings. The quantitative estimate of drug-likeness (QED) is 0.584. The third kappa shape index (κ3) is 0.843. The molecule has 70 valence electrons. The topological polar surface area (TPSA) is 0 Å². The van der Waals surface area contributed by atoms with Crippen molar-refractivity contribution >= 4 is 0 Å². The van der Waals surface area contributed by atoms with Crippen LogP contribution in [0.25, 0.3) is 0 Å². The van der Waals surface area contributed by atoms with Gasteiger partial charge < -0.3 is 0 Å². The van der Waals surface area contributed by atoms with Gasteiger partial charge in [0.15, 0.2) is 0 Å². The standard InChI is InChI=1S/C12H22/c1-9(2)7-12(4)10-5-6-11(12,3)8-10/h9-10H,5-8H2,1-4H3. The maximum Gasteiger partial charge on any atom is -0.0241 e. The molecule has 0 aromatic carbocycles. The Labute approximate surface area is 76.7 Å². The van der Waals surface area contributed by atoms with Gasteiger partial charge in [-0.05, 0) is 48.3 Å². The normalized spacial score (nSPS) is 51.2. The molecule has 3 unspecified atom stereocenters. The van der Waals surface area contributed by atoms with Crippen molar-refractivity contribution in [3.8, 4) is 0 Å². The Hall–Kier alpha value is 0. The molecule has 3 atom stereocenters. The van der Waals surface area contributed by atoms with Gasteiger partial charge in [-0.2, -0.15) is 0 Å². The maximum absolute atomic E-state index is 2.54. The number of rotatable bonds is 2. The zero-order valence-corrected chi connectivity index (χ0v) is 8.98. The van der Waals surface area contributed by atoms with Crippen molar-refractivity contribution in [3.05, 3.63) is 0 Å². The van der Waals surface area contributed by atoms with Crippen LogP contribution in [0.4, 0.5) is 0 Å². The zero-order chi connectivity index (χ0) is 8.98. The van der Waals surface area contributed by atoms with Gasteiger partial charge in [-0.25, -0.2) is 0 Å². The van der Waals surface area contributed by atoms with E-state index in [1.54, 1.807) is 0 Å². The Bertz CT molecular complexity index is 190. The highest BCUT2D eigenvalue weighted by Crippen LogP contribution is 2.72. The van der Waals surface area contributed by atoms with Crippen LogP contribution >= 0.6 is 0 Å². The highest BCUT2D eigenvalue weighted by Gasteiger charge is 2.63. The molecule has 0 saturated heterocycles. The minimum Gasteiger partial charge on any atom is -0.0628 e. The third-order valence-corrected chi connectivity index (χ3v) is 4.85. The summed E-state index contributed by atoms with van der Waals surface area (Å²) < 4.78 is 0. The Balaban J connectivity index is 2.13. The Kier molecular flexibility index (Phi) is 1.63. The molecular formula is C12H22. The van der Waals surface area contributed by atoms with E-state index in [1.165, 1.54) is 25.7 Å². The van der Waals surface area contributed by atoms with Crippen molar-refractivity contribution in [2.45, 2.75) is 53.4 Å². The van der Waals surface area contributed by atoms with Gasteiger partial charge in [-0.15, -0.1) is 0 Å². The van der Waals surface area contributed by atoms with Gasteiger partial charge in [0.25, 0.3) is 0 Å². The van der Waals surface area contributed by atoms with E-state index in [9.17, 15) is 0 Å². The summed E-state index contributed by atoms with van der Waals surface area (Å²) in [6.45, 7) is 9.78. The van der Waals surface area contributed by atoms with Crippen LogP contribution in [0, 0.1) is 22.7 Å². The van der Waals surface area contributed by atoms with Gasteiger partial charge >= 0.3 is 0 Å². The first-order valence-corrected chi connectivity index (χ1v) is 5.48. The van der Waals surface area contributed by atoms with E-state index in [4.69, 9.17) is 0 Å². The van der Waals surface area contributed by atoms with Gasteiger partial charge in [0.05, 0.1) is 0 Å². The molecule has 3 saturated carbocycles. The lowest BCUT2D eigenvalue weighted by molar-refractivity contribution is -0.0727. The molecule has 0 N–H and O–H groups in total. The summed E-state index contributed by atoms with van der Waals surface area (Å²) in [5.41, 5.74) is 1.43. The first kappa shape index (κ1) is 8.59. The molecule has 0 radical (unpaired) electrons. The molecule has 0 heteroatoms. The summed E-state index contributed by atoms with van der Waals surface area (Å²) in [6, 6.07) is 0. The fraction of sp³-hybridized carbons (Fsp3) is 1.00. The van der Waals surface area contributed by atoms with Crippen molar-refractivity contribution in [1.29, 1.82) is 0 Å². The molecule has 0 nitrogen and oxygen atoms in total. The molecule has 0 aromatic rings. The molecule has 0 heterocycles. The smallest absolute Gasteiger partial charge is 0.0241 e. The van der Waals surface area contributed by atoms with Crippen LogP contribution in [-0.2, 0) is 0 Å². The lowest BCUT2D eigenvalue weighted by Crippen LogP contribution is -2.48. The minimum atomic E-state index is 0.709. The SMILES string of the molecule is CC(C)CC1(C)C2CCC1(C)C2. The van der Waals surface area contributed by atoms with Crippen molar-refractivity contribution in [2.75, 3.05) is 0 Å². The van der Waals surface area contributed by atoms with Crippen molar-refractivity contribution in [2.24, 2.45) is 22.7 Å². The highest BCUT2D eigenvalue weighted by molar-refractivity contribution is 5.12. The first-order chi connectivity index (χ1) is 5.48. The monoisotopic (exact) mass is 166 g/mol. The van der Waals surface area contributed by atoms with Crippen LogP contribution in [0.3, 0.4) is 0 Å². The van der Waals surface area contributed by atoms with Crippen molar-refractivity contribution in [3.63, 3.8) is 0 Å². The second kappa shape index (κ2) is 2.27. The van der Waals surface area contributed by atoms with Gasteiger partial charge in [-0.1, -0.05) is 27.7 Å². The molecule has 0 aromatic heterocycles. The third-order valence-electron chi connectivity index (χ3n) is 4.85. The molecule has 0 amide bonds. The molecule has 3 aliphatic carbocycles. The van der Waals surface area contributed by atoms with Crippen molar-refractivity contribution < 1.29 is 0 Å². The zero-order valence-electron chi connectivity index (χ0n) is 8.98. The summed E-state index contributed by atoms with van der Waals surface area (Å²) >= 11 is 0. The summed E-state index contributed by atoms with van der Waals surface area (Å²) in [4.78, 5) is 0. The largest absolute Gasteiger partial charge is 0.0628 e. The van der Waals surface area contributed by atoms with E-state index < -0.39 is 0 Å². The lowest BCUT2D eigenvalue weighted by Gasteiger charge is -2.56. The summed E-state index contributed by atoms with van der Waals surface area (Å²) in [5, 5.41) is 0. The fourth-order valence-corrected chi connectivity index (χ4v) is 3.93. The molecule has 3 rings (SSSR count). The Morgan fingerprint density at radius 1 is 1.33 bits per heavy atom. The van der Waals surface area contributed by atoms with Crippen LogP contribution in [0.1, 0.15) is 53.4 Å². The summed E-state index contributed by atoms with van der Waals surface area (Å²) in [7, 11) is 0. The van der Waals surface area contributed by atoms with Crippen molar-refractivity contribution in [1.82, 2.24) is 0 Å². The van der Waals surface area contributed by atoms with Crippen LogP contribution < -0.4 is 0 Å². The molecule has 0 spiro atoms. The summed E-state index contributed by atoms with van der Waals surface area (Å²) in [6.07, 6.45) is 5.99. The van der Waals surface area contributed by atoms with E-state index in [0.29, 0.717) is 5.41 Å². The number of hydrogen-bond acceptors (Lipinski definition) is 0. The maximum atomic E-state index is 2.54. The average molecular weight is 166 g/mol. The second-order valence-electron chi connectivity index (χ2n) is 6.02. The van der Waals surface area contributed by atoms with Crippen LogP contribution in [0.2, 0.25) is 0 Å². The first-order valence-electron chi connectivity index (χ1n) is 5.48. The summed E-state index contributed by atoms with van der Waals surface area (Å²) in [5.74, 6) is 1.96. The van der Waals surface area contributed by atoms with Gasteiger partial charge in [0.2, 0.25) is 0 Å². The van der Waals surface area contributed by atoms with E-state index in [1.807, 2.05) is 0 Å². The van der Waals surface area contributed by atoms with Crippen LogP contribution in [0.5, 0.6) is 0 Å². The fourth-order valence-electron chi connectivity index (χ4n) is 3.93. The lowest BCUT2D eigenvalue weighted by atomic mass is 9.48. The van der Waals surface area contributed by atoms with E-state index in [-0.39, 0.29) is 0 Å². The second-order valence-corrected chi connectivity index (χ2v) is 6.02. The molecule has 12 heavy (non-hydrogen) atoms. The van der Waals surface area contributed by atoms with E-state index in [0.717, 1.165) is 17.3 Å². The van der Waals surface area contributed by atoms with Gasteiger partial charge in [0.1, 0.15) is 0 Å². The Morgan fingerprint density at radius 3 is 2.33 bits per heavy atom. The molecular weight excluding hydrogens is 144 g/mol. The molecule has 2 bridgehead atoms. The van der Waals surface area contributed by atoms with E-state index in [2.05, 4.69) is 27.7 Å². The predicted molar refractivity (Wildman–Crippen MR) is 53.0 cm³/mol. The highest BCUT2D eigenvalue weighted by atomic mass is 14.7. The number of hydrogen-bond donors (Lipinski definition) is 0. The van der Waals surface area contributed by atoms with Gasteiger partial charge in [0, 0.05) is 0 Å². The Morgan fingerprint density at radius 2 is 2.00 bits per heavy atom. The number of fused-ring (bicyclic) bond motifs is 1. The molecule has 3 fully saturated rings.